The standard InChI is InChI=1S/C48H30N2OS/c1-2-9-31(10-3-1)34-11-6-13-36(25-34)40-28-42(38-14-7-12-35(26-38)39-15-8-24-49-30-39)47-44(29-40)51-48(50-47)33-20-18-32(19-21-33)37-22-23-46-43(27-37)41-16-4-5-17-45(41)52-46/h1-30H. The van der Waals surface area contributed by atoms with E-state index in [2.05, 4.69) is 163 Å². The van der Waals surface area contributed by atoms with E-state index in [0.29, 0.717) is 5.89 Å². The average molecular weight is 683 g/mol. The molecule has 7 aromatic carbocycles. The number of hydrogen-bond acceptors (Lipinski definition) is 4. The molecule has 0 fully saturated rings. The zero-order chi connectivity index (χ0) is 34.4. The van der Waals surface area contributed by atoms with Crippen LogP contribution >= 0.6 is 11.3 Å². The van der Waals surface area contributed by atoms with Crippen molar-refractivity contribution in [2.75, 3.05) is 0 Å². The molecular formula is C48H30N2OS. The van der Waals surface area contributed by atoms with Crippen LogP contribution in [0.15, 0.2) is 187 Å². The van der Waals surface area contributed by atoms with E-state index in [-0.39, 0.29) is 0 Å². The van der Waals surface area contributed by atoms with Gasteiger partial charge in [-0.3, -0.25) is 4.98 Å². The molecule has 10 aromatic rings. The molecule has 3 aromatic heterocycles. The van der Waals surface area contributed by atoms with Gasteiger partial charge < -0.3 is 4.42 Å². The lowest BCUT2D eigenvalue weighted by Crippen LogP contribution is -1.87. The van der Waals surface area contributed by atoms with Crippen LogP contribution in [0.3, 0.4) is 0 Å². The van der Waals surface area contributed by atoms with Crippen LogP contribution in [0.2, 0.25) is 0 Å². The molecule has 0 spiro atoms. The summed E-state index contributed by atoms with van der Waals surface area (Å²) >= 11 is 1.84. The molecule has 0 aliphatic carbocycles. The van der Waals surface area contributed by atoms with Gasteiger partial charge in [0.05, 0.1) is 0 Å². The van der Waals surface area contributed by atoms with Gasteiger partial charge in [-0.2, -0.15) is 0 Å². The molecule has 0 saturated heterocycles. The highest BCUT2D eigenvalue weighted by Crippen LogP contribution is 2.40. The smallest absolute Gasteiger partial charge is 0.227 e. The van der Waals surface area contributed by atoms with Gasteiger partial charge in [-0.05, 0) is 105 Å². The van der Waals surface area contributed by atoms with E-state index < -0.39 is 0 Å². The molecule has 0 aliphatic heterocycles. The number of rotatable bonds is 6. The second kappa shape index (κ2) is 12.6. The van der Waals surface area contributed by atoms with Gasteiger partial charge in [-0.1, -0.05) is 109 Å². The van der Waals surface area contributed by atoms with Gasteiger partial charge in [0.1, 0.15) is 5.52 Å². The summed E-state index contributed by atoms with van der Waals surface area (Å²) in [6, 6.07) is 60.2. The van der Waals surface area contributed by atoms with Crippen molar-refractivity contribution in [1.82, 2.24) is 9.97 Å². The van der Waals surface area contributed by atoms with Crippen molar-refractivity contribution in [3.8, 4) is 67.1 Å². The third kappa shape index (κ3) is 5.47. The van der Waals surface area contributed by atoms with Crippen LogP contribution in [-0.4, -0.2) is 9.97 Å². The number of benzene rings is 7. The lowest BCUT2D eigenvalue weighted by molar-refractivity contribution is 0.620. The Labute approximate surface area is 305 Å². The van der Waals surface area contributed by atoms with Crippen molar-refractivity contribution in [2.24, 2.45) is 0 Å². The molecule has 0 amide bonds. The summed E-state index contributed by atoms with van der Waals surface area (Å²) in [5, 5.41) is 2.60. The summed E-state index contributed by atoms with van der Waals surface area (Å²) < 4.78 is 9.25. The summed E-state index contributed by atoms with van der Waals surface area (Å²) in [6.07, 6.45) is 3.70. The first-order valence-corrected chi connectivity index (χ1v) is 18.2. The second-order valence-corrected chi connectivity index (χ2v) is 14.1. The predicted molar refractivity (Wildman–Crippen MR) is 217 cm³/mol. The lowest BCUT2D eigenvalue weighted by atomic mass is 9.94. The molecule has 0 aliphatic rings. The fraction of sp³-hybridized carbons (Fsp3) is 0. The van der Waals surface area contributed by atoms with E-state index in [1.54, 1.807) is 6.20 Å². The monoisotopic (exact) mass is 682 g/mol. The maximum Gasteiger partial charge on any atom is 0.227 e. The highest BCUT2D eigenvalue weighted by atomic mass is 32.1. The topological polar surface area (TPSA) is 38.9 Å². The van der Waals surface area contributed by atoms with Crippen LogP contribution in [-0.2, 0) is 0 Å². The Morgan fingerprint density at radius 1 is 0.404 bits per heavy atom. The van der Waals surface area contributed by atoms with E-state index in [9.17, 15) is 0 Å². The molecular weight excluding hydrogens is 653 g/mol. The van der Waals surface area contributed by atoms with Gasteiger partial charge in [0, 0.05) is 49.3 Å². The minimum Gasteiger partial charge on any atom is -0.436 e. The van der Waals surface area contributed by atoms with Crippen LogP contribution in [0.25, 0.3) is 98.4 Å². The number of oxazole rings is 1. The molecule has 0 atom stereocenters. The largest absolute Gasteiger partial charge is 0.436 e. The SMILES string of the molecule is c1ccc(-c2cccc(-c3cc(-c4cccc(-c5cccnc5)c4)c4nc(-c5ccc(-c6ccc7sc8ccccc8c7c6)cc5)oc4c3)c2)cc1. The number of thiophene rings is 1. The van der Waals surface area contributed by atoms with E-state index in [1.807, 2.05) is 29.7 Å². The summed E-state index contributed by atoms with van der Waals surface area (Å²) in [4.78, 5) is 9.51. The zero-order valence-electron chi connectivity index (χ0n) is 28.0. The molecule has 52 heavy (non-hydrogen) atoms. The number of nitrogens with zero attached hydrogens (tertiary/aromatic N) is 2. The number of hydrogen-bond donors (Lipinski definition) is 0. The molecule has 4 heteroatoms. The predicted octanol–water partition coefficient (Wildman–Crippen LogP) is 13.6. The molecule has 3 nitrogen and oxygen atoms in total. The minimum atomic E-state index is 0.598. The minimum absolute atomic E-state index is 0.598. The van der Waals surface area contributed by atoms with Gasteiger partial charge in [-0.25, -0.2) is 4.98 Å². The van der Waals surface area contributed by atoms with Gasteiger partial charge in [0.2, 0.25) is 5.89 Å². The van der Waals surface area contributed by atoms with E-state index in [0.717, 1.165) is 55.6 Å². The zero-order valence-corrected chi connectivity index (χ0v) is 28.8. The molecule has 0 radical (unpaired) electrons. The molecule has 0 bridgehead atoms. The Hall–Kier alpha value is -6.62. The Morgan fingerprint density at radius 2 is 1.02 bits per heavy atom. The quantitative estimate of drug-likeness (QED) is 0.175. The van der Waals surface area contributed by atoms with Crippen LogP contribution < -0.4 is 0 Å². The third-order valence-corrected chi connectivity index (χ3v) is 11.0. The molecule has 0 N–H and O–H groups in total. The first-order valence-electron chi connectivity index (χ1n) is 17.4. The number of aromatic nitrogens is 2. The van der Waals surface area contributed by atoms with Crippen molar-refractivity contribution < 1.29 is 4.42 Å². The Morgan fingerprint density at radius 3 is 1.85 bits per heavy atom. The first kappa shape index (κ1) is 30.2. The Kier molecular flexibility index (Phi) is 7.33. The summed E-state index contributed by atoms with van der Waals surface area (Å²) in [7, 11) is 0. The van der Waals surface area contributed by atoms with Gasteiger partial charge in [-0.15, -0.1) is 11.3 Å². The summed E-state index contributed by atoms with van der Waals surface area (Å²) in [5.74, 6) is 0.598. The van der Waals surface area contributed by atoms with Gasteiger partial charge in [0.25, 0.3) is 0 Å². The molecule has 0 saturated carbocycles. The number of fused-ring (bicyclic) bond motifs is 4. The van der Waals surface area contributed by atoms with Gasteiger partial charge >= 0.3 is 0 Å². The Bertz CT molecular complexity index is 2890. The summed E-state index contributed by atoms with van der Waals surface area (Å²) in [6.45, 7) is 0. The van der Waals surface area contributed by atoms with Crippen molar-refractivity contribution in [3.63, 3.8) is 0 Å². The third-order valence-electron chi connectivity index (χ3n) is 9.81. The van der Waals surface area contributed by atoms with E-state index in [1.165, 1.54) is 36.9 Å². The van der Waals surface area contributed by atoms with Crippen LogP contribution in [0.4, 0.5) is 0 Å². The lowest BCUT2D eigenvalue weighted by Gasteiger charge is -2.10. The fourth-order valence-electron chi connectivity index (χ4n) is 7.16. The van der Waals surface area contributed by atoms with Crippen LogP contribution in [0.1, 0.15) is 0 Å². The summed E-state index contributed by atoms with van der Waals surface area (Å²) in [5.41, 5.74) is 13.7. The Balaban J connectivity index is 1.08. The normalized spacial score (nSPS) is 11.5. The molecule has 3 heterocycles. The number of pyridine rings is 1. The van der Waals surface area contributed by atoms with Crippen LogP contribution in [0.5, 0.6) is 0 Å². The van der Waals surface area contributed by atoms with Crippen molar-refractivity contribution in [1.29, 1.82) is 0 Å². The van der Waals surface area contributed by atoms with E-state index >= 15 is 0 Å². The van der Waals surface area contributed by atoms with Gasteiger partial charge in [0.15, 0.2) is 5.58 Å². The highest BCUT2D eigenvalue weighted by molar-refractivity contribution is 7.25. The van der Waals surface area contributed by atoms with Crippen molar-refractivity contribution >= 4 is 42.6 Å². The van der Waals surface area contributed by atoms with Crippen molar-refractivity contribution in [2.45, 2.75) is 0 Å². The first-order chi connectivity index (χ1) is 25.7. The highest BCUT2D eigenvalue weighted by Gasteiger charge is 2.17. The maximum absolute atomic E-state index is 6.63. The average Bonchev–Trinajstić information content (AvgIpc) is 3.83. The van der Waals surface area contributed by atoms with Crippen molar-refractivity contribution in [3.05, 3.63) is 182 Å². The fourth-order valence-corrected chi connectivity index (χ4v) is 8.25. The maximum atomic E-state index is 6.63. The molecule has 0 unspecified atom stereocenters. The molecule has 244 valence electrons. The van der Waals surface area contributed by atoms with E-state index in [4.69, 9.17) is 9.40 Å². The second-order valence-electron chi connectivity index (χ2n) is 13.0. The van der Waals surface area contributed by atoms with Crippen LogP contribution in [0, 0.1) is 0 Å². The molecule has 10 rings (SSSR count).